The standard InChI is InChI=1S/C14H20N2O2/c1-10(15)8-16(2)14(17)12-7-11-5-3-4-6-13(11)18-9-12/h3-6,10,12H,7-9,15H2,1-2H3. The maximum absolute atomic E-state index is 12.2. The molecular formula is C14H20N2O2. The average molecular weight is 248 g/mol. The van der Waals surface area contributed by atoms with Gasteiger partial charge in [0.25, 0.3) is 0 Å². The Hall–Kier alpha value is -1.55. The van der Waals surface area contributed by atoms with E-state index in [-0.39, 0.29) is 17.9 Å². The summed E-state index contributed by atoms with van der Waals surface area (Å²) < 4.78 is 5.63. The molecule has 2 rings (SSSR count). The Morgan fingerprint density at radius 1 is 1.56 bits per heavy atom. The Bertz CT molecular complexity index is 432. The fourth-order valence-corrected chi connectivity index (χ4v) is 2.32. The molecule has 1 amide bonds. The number of fused-ring (bicyclic) bond motifs is 1. The third kappa shape index (κ3) is 2.82. The first-order valence-electron chi connectivity index (χ1n) is 6.29. The van der Waals surface area contributed by atoms with E-state index < -0.39 is 0 Å². The van der Waals surface area contributed by atoms with Crippen molar-refractivity contribution >= 4 is 5.91 Å². The SMILES string of the molecule is CC(N)CN(C)C(=O)C1COc2ccccc2C1. The summed E-state index contributed by atoms with van der Waals surface area (Å²) in [6.07, 6.45) is 0.748. The summed E-state index contributed by atoms with van der Waals surface area (Å²) in [5, 5.41) is 0. The molecule has 2 unspecified atom stereocenters. The maximum Gasteiger partial charge on any atom is 0.229 e. The molecule has 1 aliphatic heterocycles. The number of ether oxygens (including phenoxy) is 1. The molecule has 1 aromatic rings. The van der Waals surface area contributed by atoms with Crippen LogP contribution in [0.4, 0.5) is 0 Å². The summed E-state index contributed by atoms with van der Waals surface area (Å²) in [6.45, 7) is 2.94. The van der Waals surface area contributed by atoms with Crippen LogP contribution in [0.1, 0.15) is 12.5 Å². The lowest BCUT2D eigenvalue weighted by molar-refractivity contribution is -0.135. The van der Waals surface area contributed by atoms with Crippen molar-refractivity contribution in [1.29, 1.82) is 0 Å². The summed E-state index contributed by atoms with van der Waals surface area (Å²) in [5.74, 6) is 0.918. The highest BCUT2D eigenvalue weighted by molar-refractivity contribution is 5.79. The van der Waals surface area contributed by atoms with Crippen LogP contribution in [0.5, 0.6) is 5.75 Å². The molecule has 1 heterocycles. The number of hydrogen-bond donors (Lipinski definition) is 1. The average Bonchev–Trinajstić information content (AvgIpc) is 2.36. The second-order valence-electron chi connectivity index (χ2n) is 5.02. The van der Waals surface area contributed by atoms with E-state index in [1.807, 2.05) is 31.2 Å². The first-order chi connectivity index (χ1) is 8.58. The van der Waals surface area contributed by atoms with E-state index in [9.17, 15) is 4.79 Å². The zero-order valence-corrected chi connectivity index (χ0v) is 10.9. The molecule has 0 aliphatic carbocycles. The highest BCUT2D eigenvalue weighted by Crippen LogP contribution is 2.27. The molecule has 98 valence electrons. The van der Waals surface area contributed by atoms with Crippen LogP contribution < -0.4 is 10.5 Å². The normalized spacial score (nSPS) is 19.6. The lowest BCUT2D eigenvalue weighted by Crippen LogP contribution is -2.43. The predicted octanol–water partition coefficient (Wildman–Crippen LogP) is 1.04. The number of likely N-dealkylation sites (N-methyl/N-ethyl adjacent to an activating group) is 1. The number of rotatable bonds is 3. The first-order valence-corrected chi connectivity index (χ1v) is 6.29. The Morgan fingerprint density at radius 2 is 2.28 bits per heavy atom. The van der Waals surface area contributed by atoms with E-state index >= 15 is 0 Å². The van der Waals surface area contributed by atoms with Crippen molar-refractivity contribution in [3.8, 4) is 5.75 Å². The largest absolute Gasteiger partial charge is 0.492 e. The lowest BCUT2D eigenvalue weighted by atomic mass is 9.95. The van der Waals surface area contributed by atoms with E-state index in [0.29, 0.717) is 13.2 Å². The van der Waals surface area contributed by atoms with Crippen LogP contribution in [0.25, 0.3) is 0 Å². The minimum absolute atomic E-state index is 0.00394. The highest BCUT2D eigenvalue weighted by Gasteiger charge is 2.28. The third-order valence-electron chi connectivity index (χ3n) is 3.17. The van der Waals surface area contributed by atoms with Gasteiger partial charge < -0.3 is 15.4 Å². The topological polar surface area (TPSA) is 55.6 Å². The van der Waals surface area contributed by atoms with Crippen molar-refractivity contribution in [3.63, 3.8) is 0 Å². The molecule has 0 saturated carbocycles. The zero-order valence-electron chi connectivity index (χ0n) is 10.9. The molecule has 0 saturated heterocycles. The summed E-state index contributed by atoms with van der Waals surface area (Å²) in [6, 6.07) is 7.88. The molecular weight excluding hydrogens is 228 g/mol. The van der Waals surface area contributed by atoms with Crippen LogP contribution in [0, 0.1) is 5.92 Å². The Balaban J connectivity index is 2.02. The molecule has 1 aromatic carbocycles. The number of hydrogen-bond acceptors (Lipinski definition) is 3. The van der Waals surface area contributed by atoms with Crippen molar-refractivity contribution in [3.05, 3.63) is 29.8 Å². The molecule has 0 bridgehead atoms. The number of amides is 1. The van der Waals surface area contributed by atoms with Crippen molar-refractivity contribution in [1.82, 2.24) is 4.90 Å². The van der Waals surface area contributed by atoms with Gasteiger partial charge in [0.2, 0.25) is 5.91 Å². The van der Waals surface area contributed by atoms with E-state index in [4.69, 9.17) is 10.5 Å². The quantitative estimate of drug-likeness (QED) is 0.869. The molecule has 2 atom stereocenters. The molecule has 0 fully saturated rings. The van der Waals surface area contributed by atoms with Crippen LogP contribution >= 0.6 is 0 Å². The monoisotopic (exact) mass is 248 g/mol. The second-order valence-corrected chi connectivity index (χ2v) is 5.02. The smallest absolute Gasteiger partial charge is 0.229 e. The summed E-state index contributed by atoms with van der Waals surface area (Å²) >= 11 is 0. The fraction of sp³-hybridized carbons (Fsp3) is 0.500. The molecule has 18 heavy (non-hydrogen) atoms. The molecule has 1 aliphatic rings. The van der Waals surface area contributed by atoms with Gasteiger partial charge in [0.1, 0.15) is 12.4 Å². The summed E-state index contributed by atoms with van der Waals surface area (Å²) in [5.41, 5.74) is 6.82. The number of carbonyl (C=O) groups is 1. The van der Waals surface area contributed by atoms with Gasteiger partial charge >= 0.3 is 0 Å². The van der Waals surface area contributed by atoms with Gasteiger partial charge in [0.05, 0.1) is 5.92 Å². The van der Waals surface area contributed by atoms with Crippen LogP contribution in [0.2, 0.25) is 0 Å². The Labute approximate surface area is 108 Å². The summed E-state index contributed by atoms with van der Waals surface area (Å²) in [7, 11) is 1.80. The van der Waals surface area contributed by atoms with Gasteiger partial charge in [-0.2, -0.15) is 0 Å². The number of carbonyl (C=O) groups excluding carboxylic acids is 1. The highest BCUT2D eigenvalue weighted by atomic mass is 16.5. The third-order valence-corrected chi connectivity index (χ3v) is 3.17. The lowest BCUT2D eigenvalue weighted by Gasteiger charge is -2.29. The van der Waals surface area contributed by atoms with Gasteiger partial charge in [0.15, 0.2) is 0 Å². The van der Waals surface area contributed by atoms with Crippen LogP contribution in [0.3, 0.4) is 0 Å². The van der Waals surface area contributed by atoms with Crippen molar-refractivity contribution in [2.24, 2.45) is 11.7 Å². The first kappa shape index (κ1) is 12.9. The molecule has 2 N–H and O–H groups in total. The van der Waals surface area contributed by atoms with Crippen LogP contribution in [0.15, 0.2) is 24.3 Å². The van der Waals surface area contributed by atoms with E-state index in [1.165, 1.54) is 0 Å². The van der Waals surface area contributed by atoms with E-state index in [0.717, 1.165) is 17.7 Å². The Morgan fingerprint density at radius 3 is 3.00 bits per heavy atom. The number of para-hydroxylation sites is 1. The van der Waals surface area contributed by atoms with Gasteiger partial charge in [0, 0.05) is 19.6 Å². The molecule has 0 aromatic heterocycles. The second kappa shape index (κ2) is 5.40. The molecule has 4 nitrogen and oxygen atoms in total. The zero-order chi connectivity index (χ0) is 13.1. The predicted molar refractivity (Wildman–Crippen MR) is 70.4 cm³/mol. The van der Waals surface area contributed by atoms with Gasteiger partial charge in [-0.15, -0.1) is 0 Å². The van der Waals surface area contributed by atoms with Gasteiger partial charge in [-0.3, -0.25) is 4.79 Å². The molecule has 0 spiro atoms. The fourth-order valence-electron chi connectivity index (χ4n) is 2.32. The van der Waals surface area contributed by atoms with E-state index in [2.05, 4.69) is 0 Å². The van der Waals surface area contributed by atoms with E-state index in [1.54, 1.807) is 11.9 Å². The van der Waals surface area contributed by atoms with Crippen molar-refractivity contribution in [2.45, 2.75) is 19.4 Å². The number of benzene rings is 1. The number of nitrogens with zero attached hydrogens (tertiary/aromatic N) is 1. The van der Waals surface area contributed by atoms with Crippen molar-refractivity contribution < 1.29 is 9.53 Å². The number of nitrogens with two attached hydrogens (primary N) is 1. The minimum Gasteiger partial charge on any atom is -0.492 e. The van der Waals surface area contributed by atoms with Crippen LogP contribution in [-0.2, 0) is 11.2 Å². The van der Waals surface area contributed by atoms with Gasteiger partial charge in [-0.1, -0.05) is 18.2 Å². The maximum atomic E-state index is 12.2. The van der Waals surface area contributed by atoms with Gasteiger partial charge in [-0.25, -0.2) is 0 Å². The van der Waals surface area contributed by atoms with Crippen molar-refractivity contribution in [2.75, 3.05) is 20.2 Å². The van der Waals surface area contributed by atoms with Gasteiger partial charge in [-0.05, 0) is 25.0 Å². The Kier molecular flexibility index (Phi) is 3.87. The summed E-state index contributed by atoms with van der Waals surface area (Å²) in [4.78, 5) is 13.9. The van der Waals surface area contributed by atoms with Crippen LogP contribution in [-0.4, -0.2) is 37.0 Å². The minimum atomic E-state index is -0.0938. The molecule has 4 heteroatoms. The molecule has 0 radical (unpaired) electrons.